The van der Waals surface area contributed by atoms with Crippen molar-refractivity contribution < 1.29 is 9.59 Å². The molecule has 0 radical (unpaired) electrons. The summed E-state index contributed by atoms with van der Waals surface area (Å²) < 4.78 is 0. The van der Waals surface area contributed by atoms with E-state index in [0.717, 1.165) is 0 Å². The van der Waals surface area contributed by atoms with Crippen LogP contribution in [0.15, 0.2) is 18.2 Å². The molecule has 0 atom stereocenters. The molecule has 1 N–H and O–H groups in total. The molecule has 0 aliphatic carbocycles. The molecule has 0 aliphatic heterocycles. The van der Waals surface area contributed by atoms with E-state index >= 15 is 0 Å². The van der Waals surface area contributed by atoms with Gasteiger partial charge in [0.15, 0.2) is 0 Å². The second kappa shape index (κ2) is 6.78. The van der Waals surface area contributed by atoms with Crippen molar-refractivity contribution in [3.63, 3.8) is 0 Å². The van der Waals surface area contributed by atoms with E-state index < -0.39 is 0 Å². The third kappa shape index (κ3) is 4.73. The van der Waals surface area contributed by atoms with Crippen molar-refractivity contribution in [3.05, 3.63) is 28.2 Å². The van der Waals surface area contributed by atoms with E-state index in [2.05, 4.69) is 5.32 Å². The predicted octanol–water partition coefficient (Wildman–Crippen LogP) is 3.19. The Morgan fingerprint density at radius 2 is 1.95 bits per heavy atom. The molecule has 0 spiro atoms. The highest BCUT2D eigenvalue weighted by Gasteiger charge is 2.17. The summed E-state index contributed by atoms with van der Waals surface area (Å²) in [6, 6.07) is 4.76. The Hall–Kier alpha value is -1.26. The van der Waals surface area contributed by atoms with Crippen molar-refractivity contribution in [2.45, 2.75) is 26.8 Å². The smallest absolute Gasteiger partial charge is 0.244 e. The Kier molecular flexibility index (Phi) is 5.63. The molecule has 2 amide bonds. The topological polar surface area (TPSA) is 49.4 Å². The molecular formula is C13H16Cl2N2O2. The predicted molar refractivity (Wildman–Crippen MR) is 77.6 cm³/mol. The molecule has 1 aromatic carbocycles. The van der Waals surface area contributed by atoms with Crippen molar-refractivity contribution in [2.75, 3.05) is 11.9 Å². The van der Waals surface area contributed by atoms with Crippen LogP contribution in [0.4, 0.5) is 5.69 Å². The highest BCUT2D eigenvalue weighted by molar-refractivity contribution is 6.35. The number of carbonyl (C=O) groups excluding carboxylic acids is 2. The number of nitrogens with zero attached hydrogens (tertiary/aromatic N) is 1. The fraction of sp³-hybridized carbons (Fsp3) is 0.385. The van der Waals surface area contributed by atoms with Crippen molar-refractivity contribution in [2.24, 2.45) is 0 Å². The first-order valence-electron chi connectivity index (χ1n) is 5.83. The monoisotopic (exact) mass is 302 g/mol. The van der Waals surface area contributed by atoms with Gasteiger partial charge in [0.25, 0.3) is 0 Å². The molecule has 0 saturated carbocycles. The minimum atomic E-state index is -0.312. The first-order chi connectivity index (χ1) is 8.81. The molecule has 104 valence electrons. The summed E-state index contributed by atoms with van der Waals surface area (Å²) >= 11 is 11.8. The number of benzene rings is 1. The van der Waals surface area contributed by atoms with Crippen LogP contribution < -0.4 is 5.32 Å². The fourth-order valence-electron chi connectivity index (χ4n) is 1.60. The summed E-state index contributed by atoms with van der Waals surface area (Å²) in [5.74, 6) is -0.463. The van der Waals surface area contributed by atoms with Crippen molar-refractivity contribution in [3.8, 4) is 0 Å². The van der Waals surface area contributed by atoms with Crippen LogP contribution in [0.3, 0.4) is 0 Å². The standard InChI is InChI=1S/C13H16Cl2N2O2/c1-8(2)17(9(3)18)7-13(19)16-12-6-10(14)4-5-11(12)15/h4-6,8H,7H2,1-3H3,(H,16,19). The van der Waals surface area contributed by atoms with Gasteiger partial charge in [0.1, 0.15) is 6.54 Å². The molecule has 0 aromatic heterocycles. The summed E-state index contributed by atoms with van der Waals surface area (Å²) in [4.78, 5) is 24.7. The van der Waals surface area contributed by atoms with Crippen LogP contribution in [0.2, 0.25) is 10.0 Å². The lowest BCUT2D eigenvalue weighted by Gasteiger charge is -2.24. The number of carbonyl (C=O) groups is 2. The van der Waals surface area contributed by atoms with E-state index in [0.29, 0.717) is 15.7 Å². The van der Waals surface area contributed by atoms with Crippen LogP contribution in [0.25, 0.3) is 0 Å². The van der Waals surface area contributed by atoms with Gasteiger partial charge in [0.05, 0.1) is 10.7 Å². The van der Waals surface area contributed by atoms with Gasteiger partial charge < -0.3 is 10.2 Å². The quantitative estimate of drug-likeness (QED) is 0.928. The van der Waals surface area contributed by atoms with Gasteiger partial charge in [-0.2, -0.15) is 0 Å². The second-order valence-corrected chi connectivity index (χ2v) is 5.26. The zero-order valence-electron chi connectivity index (χ0n) is 11.0. The molecule has 0 fully saturated rings. The van der Waals surface area contributed by atoms with Crippen molar-refractivity contribution in [1.82, 2.24) is 4.90 Å². The minimum absolute atomic E-state index is 0.0180. The lowest BCUT2D eigenvalue weighted by Crippen LogP contribution is -2.41. The Morgan fingerprint density at radius 3 is 2.47 bits per heavy atom. The molecule has 0 heterocycles. The van der Waals surface area contributed by atoms with Gasteiger partial charge in [-0.3, -0.25) is 9.59 Å². The summed E-state index contributed by atoms with van der Waals surface area (Å²) in [5, 5.41) is 3.52. The summed E-state index contributed by atoms with van der Waals surface area (Å²) in [7, 11) is 0. The van der Waals surface area contributed by atoms with E-state index in [1.165, 1.54) is 11.8 Å². The van der Waals surface area contributed by atoms with Crippen molar-refractivity contribution >= 4 is 40.7 Å². The molecule has 0 saturated heterocycles. The molecule has 6 heteroatoms. The maximum absolute atomic E-state index is 11.9. The van der Waals surface area contributed by atoms with Gasteiger partial charge in [0.2, 0.25) is 11.8 Å². The number of hydrogen-bond acceptors (Lipinski definition) is 2. The van der Waals surface area contributed by atoms with E-state index in [4.69, 9.17) is 23.2 Å². The Bertz CT molecular complexity index is 490. The average molecular weight is 303 g/mol. The van der Waals surface area contributed by atoms with Gasteiger partial charge in [-0.1, -0.05) is 23.2 Å². The highest BCUT2D eigenvalue weighted by atomic mass is 35.5. The van der Waals surface area contributed by atoms with Gasteiger partial charge in [-0.15, -0.1) is 0 Å². The molecule has 4 nitrogen and oxygen atoms in total. The third-order valence-corrected chi connectivity index (χ3v) is 3.11. The molecule has 1 rings (SSSR count). The zero-order chi connectivity index (χ0) is 14.6. The maximum Gasteiger partial charge on any atom is 0.244 e. The maximum atomic E-state index is 11.9. The Labute approximate surface area is 122 Å². The molecule has 1 aromatic rings. The number of nitrogens with one attached hydrogen (secondary N) is 1. The van der Waals surface area contributed by atoms with E-state index in [1.54, 1.807) is 18.2 Å². The number of halogens is 2. The first-order valence-corrected chi connectivity index (χ1v) is 6.59. The molecule has 0 bridgehead atoms. The van der Waals surface area contributed by atoms with Crippen LogP contribution in [-0.4, -0.2) is 29.3 Å². The van der Waals surface area contributed by atoms with Gasteiger partial charge in [-0.05, 0) is 32.0 Å². The first kappa shape index (κ1) is 15.8. The molecule has 0 unspecified atom stereocenters. The van der Waals surface area contributed by atoms with Gasteiger partial charge in [-0.25, -0.2) is 0 Å². The molecular weight excluding hydrogens is 287 g/mol. The molecule has 0 aliphatic rings. The van der Waals surface area contributed by atoms with Gasteiger partial charge >= 0.3 is 0 Å². The van der Waals surface area contributed by atoms with E-state index in [-0.39, 0.29) is 24.4 Å². The number of hydrogen-bond donors (Lipinski definition) is 1. The Balaban J connectivity index is 2.74. The molecule has 19 heavy (non-hydrogen) atoms. The van der Waals surface area contributed by atoms with Crippen LogP contribution >= 0.6 is 23.2 Å². The van der Waals surface area contributed by atoms with Crippen molar-refractivity contribution in [1.29, 1.82) is 0 Å². The number of rotatable bonds is 4. The Morgan fingerprint density at radius 1 is 1.32 bits per heavy atom. The van der Waals surface area contributed by atoms with E-state index in [9.17, 15) is 9.59 Å². The largest absolute Gasteiger partial charge is 0.331 e. The number of amides is 2. The summed E-state index contributed by atoms with van der Waals surface area (Å²) in [6.07, 6.45) is 0. The number of anilines is 1. The van der Waals surface area contributed by atoms with E-state index in [1.807, 2.05) is 13.8 Å². The normalized spacial score (nSPS) is 10.4. The van der Waals surface area contributed by atoms with Crippen LogP contribution in [0, 0.1) is 0 Å². The second-order valence-electron chi connectivity index (χ2n) is 4.41. The summed E-state index contributed by atoms with van der Waals surface area (Å²) in [5.41, 5.74) is 0.437. The zero-order valence-corrected chi connectivity index (χ0v) is 12.5. The van der Waals surface area contributed by atoms with Crippen LogP contribution in [-0.2, 0) is 9.59 Å². The summed E-state index contributed by atoms with van der Waals surface area (Å²) in [6.45, 7) is 5.11. The highest BCUT2D eigenvalue weighted by Crippen LogP contribution is 2.25. The average Bonchev–Trinajstić information content (AvgIpc) is 2.30. The van der Waals surface area contributed by atoms with Crippen LogP contribution in [0.5, 0.6) is 0 Å². The van der Waals surface area contributed by atoms with Crippen LogP contribution in [0.1, 0.15) is 20.8 Å². The minimum Gasteiger partial charge on any atom is -0.331 e. The van der Waals surface area contributed by atoms with Gasteiger partial charge in [0, 0.05) is 18.0 Å². The lowest BCUT2D eigenvalue weighted by atomic mass is 10.3. The lowest BCUT2D eigenvalue weighted by molar-refractivity contribution is -0.134. The fourth-order valence-corrected chi connectivity index (χ4v) is 1.93. The third-order valence-electron chi connectivity index (χ3n) is 2.54. The SMILES string of the molecule is CC(=O)N(CC(=O)Nc1cc(Cl)ccc1Cl)C(C)C.